The summed E-state index contributed by atoms with van der Waals surface area (Å²) in [5.74, 6) is 2.59. The molecule has 2 fully saturated rings. The molecule has 2 aliphatic rings. The van der Waals surface area contributed by atoms with Crippen LogP contribution < -0.4 is 5.32 Å². The van der Waals surface area contributed by atoms with E-state index in [1.54, 1.807) is 0 Å². The Morgan fingerprint density at radius 3 is 2.38 bits per heavy atom. The Morgan fingerprint density at radius 2 is 1.81 bits per heavy atom. The summed E-state index contributed by atoms with van der Waals surface area (Å²) in [6.07, 6.45) is 8.83. The fourth-order valence-corrected chi connectivity index (χ4v) is 3.90. The van der Waals surface area contributed by atoms with Crippen LogP contribution in [0.25, 0.3) is 0 Å². The minimum Gasteiger partial charge on any atom is -0.377 e. The van der Waals surface area contributed by atoms with Gasteiger partial charge in [-0.05, 0) is 37.1 Å². The maximum atomic E-state index is 6.05. The van der Waals surface area contributed by atoms with Gasteiger partial charge < -0.3 is 10.1 Å². The predicted octanol–water partition coefficient (Wildman–Crippen LogP) is 4.63. The molecule has 2 unspecified atom stereocenters. The summed E-state index contributed by atoms with van der Waals surface area (Å²) in [6, 6.07) is 0.650. The van der Waals surface area contributed by atoms with E-state index in [0.717, 1.165) is 18.4 Å². The lowest BCUT2D eigenvalue weighted by Crippen LogP contribution is -2.61. The predicted molar refractivity (Wildman–Crippen MR) is 90.5 cm³/mol. The highest BCUT2D eigenvalue weighted by molar-refractivity contribution is 5.02. The molecule has 2 atom stereocenters. The van der Waals surface area contributed by atoms with Crippen LogP contribution in [0.5, 0.6) is 0 Å². The van der Waals surface area contributed by atoms with E-state index in [2.05, 4.69) is 39.9 Å². The molecule has 0 aromatic rings. The zero-order valence-electron chi connectivity index (χ0n) is 15.0. The third kappa shape index (κ3) is 4.69. The van der Waals surface area contributed by atoms with E-state index in [1.807, 2.05) is 0 Å². The van der Waals surface area contributed by atoms with Crippen molar-refractivity contribution in [1.82, 2.24) is 5.32 Å². The Kier molecular flexibility index (Phi) is 6.14. The van der Waals surface area contributed by atoms with E-state index in [-0.39, 0.29) is 0 Å². The molecule has 0 bridgehead atoms. The summed E-state index contributed by atoms with van der Waals surface area (Å²) in [7, 11) is 0. The molecule has 0 spiro atoms. The first kappa shape index (κ1) is 17.3. The largest absolute Gasteiger partial charge is 0.377 e. The van der Waals surface area contributed by atoms with Gasteiger partial charge in [-0.25, -0.2) is 0 Å². The molecule has 2 rings (SSSR count). The molecule has 0 amide bonds. The zero-order chi connectivity index (χ0) is 15.5. The average molecular weight is 296 g/mol. The SMILES string of the molecule is CC(C)COC1CC(NCCC2CCC(C)CC2)C1(C)C. The van der Waals surface area contributed by atoms with Crippen molar-refractivity contribution in [1.29, 1.82) is 0 Å². The Morgan fingerprint density at radius 1 is 1.14 bits per heavy atom. The van der Waals surface area contributed by atoms with E-state index in [9.17, 15) is 0 Å². The third-order valence-electron chi connectivity index (χ3n) is 5.89. The number of ether oxygens (including phenoxy) is 1. The van der Waals surface area contributed by atoms with E-state index in [1.165, 1.54) is 45.1 Å². The summed E-state index contributed by atoms with van der Waals surface area (Å²) >= 11 is 0. The molecule has 0 aliphatic heterocycles. The number of nitrogens with one attached hydrogen (secondary N) is 1. The minimum absolute atomic E-state index is 0.302. The first-order valence-electron chi connectivity index (χ1n) is 9.24. The molecule has 2 saturated carbocycles. The van der Waals surface area contributed by atoms with Crippen LogP contribution in [0.1, 0.15) is 73.1 Å². The quantitative estimate of drug-likeness (QED) is 0.739. The van der Waals surface area contributed by atoms with Crippen LogP contribution in [0.4, 0.5) is 0 Å². The van der Waals surface area contributed by atoms with Gasteiger partial charge in [-0.1, -0.05) is 60.3 Å². The van der Waals surface area contributed by atoms with Crippen LogP contribution in [0.15, 0.2) is 0 Å². The molecule has 21 heavy (non-hydrogen) atoms. The highest BCUT2D eigenvalue weighted by Gasteiger charge is 2.48. The van der Waals surface area contributed by atoms with Crippen molar-refractivity contribution in [2.45, 2.75) is 85.3 Å². The van der Waals surface area contributed by atoms with Crippen LogP contribution >= 0.6 is 0 Å². The van der Waals surface area contributed by atoms with Crippen LogP contribution in [0.2, 0.25) is 0 Å². The van der Waals surface area contributed by atoms with E-state index in [4.69, 9.17) is 4.74 Å². The van der Waals surface area contributed by atoms with Gasteiger partial charge in [-0.15, -0.1) is 0 Å². The van der Waals surface area contributed by atoms with Gasteiger partial charge in [0.05, 0.1) is 6.10 Å². The van der Waals surface area contributed by atoms with Gasteiger partial charge >= 0.3 is 0 Å². The summed E-state index contributed by atoms with van der Waals surface area (Å²) in [5.41, 5.74) is 0.302. The van der Waals surface area contributed by atoms with Gasteiger partial charge in [-0.3, -0.25) is 0 Å². The fourth-order valence-electron chi connectivity index (χ4n) is 3.90. The molecule has 0 saturated heterocycles. The maximum absolute atomic E-state index is 6.05. The Labute approximate surface area is 132 Å². The van der Waals surface area contributed by atoms with Gasteiger partial charge in [-0.2, -0.15) is 0 Å². The van der Waals surface area contributed by atoms with Crippen molar-refractivity contribution in [2.24, 2.45) is 23.2 Å². The first-order valence-corrected chi connectivity index (χ1v) is 9.24. The number of hydrogen-bond acceptors (Lipinski definition) is 2. The van der Waals surface area contributed by atoms with Crippen molar-refractivity contribution >= 4 is 0 Å². The molecule has 124 valence electrons. The van der Waals surface area contributed by atoms with Crippen molar-refractivity contribution in [3.8, 4) is 0 Å². The van der Waals surface area contributed by atoms with Gasteiger partial charge in [0.1, 0.15) is 0 Å². The van der Waals surface area contributed by atoms with E-state index in [0.29, 0.717) is 23.5 Å². The molecule has 0 heterocycles. The molecule has 0 radical (unpaired) electrons. The fraction of sp³-hybridized carbons (Fsp3) is 1.00. The summed E-state index contributed by atoms with van der Waals surface area (Å²) in [5, 5.41) is 3.81. The Hall–Kier alpha value is -0.0800. The van der Waals surface area contributed by atoms with Crippen LogP contribution in [0, 0.1) is 23.2 Å². The minimum atomic E-state index is 0.302. The van der Waals surface area contributed by atoms with Crippen LogP contribution in [0.3, 0.4) is 0 Å². The third-order valence-corrected chi connectivity index (χ3v) is 5.89. The maximum Gasteiger partial charge on any atom is 0.0656 e. The van der Waals surface area contributed by atoms with E-state index >= 15 is 0 Å². The Balaban J connectivity index is 1.61. The molecule has 2 nitrogen and oxygen atoms in total. The lowest BCUT2D eigenvalue weighted by molar-refractivity contribution is -0.123. The standard InChI is InChI=1S/C19H37NO/c1-14(2)13-21-18-12-17(19(18,4)5)20-11-10-16-8-6-15(3)7-9-16/h14-18,20H,6-13H2,1-5H3. The second kappa shape index (κ2) is 7.46. The second-order valence-electron chi connectivity index (χ2n) is 8.69. The second-order valence-corrected chi connectivity index (χ2v) is 8.69. The molecule has 2 heteroatoms. The van der Waals surface area contributed by atoms with Crippen molar-refractivity contribution in [3.63, 3.8) is 0 Å². The van der Waals surface area contributed by atoms with E-state index < -0.39 is 0 Å². The van der Waals surface area contributed by atoms with Gasteiger partial charge in [0, 0.05) is 18.1 Å². The van der Waals surface area contributed by atoms with Crippen molar-refractivity contribution in [2.75, 3.05) is 13.2 Å². The molecule has 0 aromatic heterocycles. The molecule has 1 N–H and O–H groups in total. The van der Waals surface area contributed by atoms with Gasteiger partial charge in [0.2, 0.25) is 0 Å². The lowest BCUT2D eigenvalue weighted by atomic mass is 9.64. The highest BCUT2D eigenvalue weighted by atomic mass is 16.5. The highest BCUT2D eigenvalue weighted by Crippen LogP contribution is 2.43. The average Bonchev–Trinajstić information content (AvgIpc) is 2.42. The smallest absolute Gasteiger partial charge is 0.0656 e. The molecule has 2 aliphatic carbocycles. The molecular formula is C19H37NO. The summed E-state index contributed by atoms with van der Waals surface area (Å²) < 4.78 is 6.05. The Bertz CT molecular complexity index is 305. The number of rotatable bonds is 7. The van der Waals surface area contributed by atoms with Crippen molar-refractivity contribution < 1.29 is 4.74 Å². The van der Waals surface area contributed by atoms with Crippen LogP contribution in [-0.2, 0) is 4.74 Å². The topological polar surface area (TPSA) is 21.3 Å². The lowest BCUT2D eigenvalue weighted by Gasteiger charge is -2.52. The van der Waals surface area contributed by atoms with Gasteiger partial charge in [0.25, 0.3) is 0 Å². The monoisotopic (exact) mass is 295 g/mol. The molecular weight excluding hydrogens is 258 g/mol. The van der Waals surface area contributed by atoms with Crippen LogP contribution in [-0.4, -0.2) is 25.3 Å². The first-order chi connectivity index (χ1) is 9.89. The summed E-state index contributed by atoms with van der Waals surface area (Å²) in [6.45, 7) is 13.7. The van der Waals surface area contributed by atoms with Crippen molar-refractivity contribution in [3.05, 3.63) is 0 Å². The van der Waals surface area contributed by atoms with Gasteiger partial charge in [0.15, 0.2) is 0 Å². The normalized spacial score (nSPS) is 35.7. The zero-order valence-corrected chi connectivity index (χ0v) is 15.0. The summed E-state index contributed by atoms with van der Waals surface area (Å²) in [4.78, 5) is 0. The number of hydrogen-bond donors (Lipinski definition) is 1. The molecule has 0 aromatic carbocycles.